The Hall–Kier alpha value is -2.61. The molecule has 0 saturated heterocycles. The summed E-state index contributed by atoms with van der Waals surface area (Å²) in [5.41, 5.74) is 2.72. The quantitative estimate of drug-likeness (QED) is 0.425. The van der Waals surface area contributed by atoms with Crippen LogP contribution in [-0.4, -0.2) is 27.1 Å². The zero-order chi connectivity index (χ0) is 20.4. The summed E-state index contributed by atoms with van der Waals surface area (Å²) in [6.45, 7) is 2.27. The molecular formula is C20H16Cl2N4O2S. The Balaban J connectivity index is 1.41. The Kier molecular flexibility index (Phi) is 5.71. The standard InChI is InChI=1S/C20H16Cl2N4O2S/c1-12-2-5-14(6-3-12)28-9-8-18(27)23-19-24-20-26(25-19)17(11-29-20)15-7-4-13(21)10-16(15)22/h2-7,10-11H,8-9H2,1H3,(H,23,25,27). The summed E-state index contributed by atoms with van der Waals surface area (Å²) in [5, 5.41) is 10.1. The van der Waals surface area contributed by atoms with Gasteiger partial charge in [-0.1, -0.05) is 40.9 Å². The van der Waals surface area contributed by atoms with E-state index in [1.165, 1.54) is 11.3 Å². The van der Waals surface area contributed by atoms with Gasteiger partial charge in [0.15, 0.2) is 0 Å². The van der Waals surface area contributed by atoms with Crippen LogP contribution in [-0.2, 0) is 4.79 Å². The molecule has 6 nitrogen and oxygen atoms in total. The molecule has 148 valence electrons. The molecular weight excluding hydrogens is 431 g/mol. The predicted octanol–water partition coefficient (Wildman–Crippen LogP) is 5.48. The van der Waals surface area contributed by atoms with E-state index in [0.717, 1.165) is 22.6 Å². The number of hydrogen-bond donors (Lipinski definition) is 1. The van der Waals surface area contributed by atoms with E-state index >= 15 is 0 Å². The average Bonchev–Trinajstić information content (AvgIpc) is 3.24. The SMILES string of the molecule is Cc1ccc(OCCC(=O)Nc2nc3scc(-c4ccc(Cl)cc4Cl)n3n2)cc1. The van der Waals surface area contributed by atoms with Gasteiger partial charge in [0.25, 0.3) is 0 Å². The summed E-state index contributed by atoms with van der Waals surface area (Å²) in [7, 11) is 0. The highest BCUT2D eigenvalue weighted by atomic mass is 35.5. The van der Waals surface area contributed by atoms with Crippen molar-refractivity contribution in [3.05, 3.63) is 63.5 Å². The zero-order valence-corrected chi connectivity index (χ0v) is 17.7. The maximum absolute atomic E-state index is 12.2. The van der Waals surface area contributed by atoms with Crippen molar-refractivity contribution in [2.75, 3.05) is 11.9 Å². The number of fused-ring (bicyclic) bond motifs is 1. The summed E-state index contributed by atoms with van der Waals surface area (Å²) < 4.78 is 7.23. The van der Waals surface area contributed by atoms with E-state index in [-0.39, 0.29) is 24.9 Å². The monoisotopic (exact) mass is 446 g/mol. The van der Waals surface area contributed by atoms with Gasteiger partial charge in [-0.3, -0.25) is 10.1 Å². The molecule has 1 N–H and O–H groups in total. The smallest absolute Gasteiger partial charge is 0.250 e. The second-order valence-corrected chi connectivity index (χ2v) is 8.01. The summed E-state index contributed by atoms with van der Waals surface area (Å²) >= 11 is 13.7. The second-order valence-electron chi connectivity index (χ2n) is 6.33. The van der Waals surface area contributed by atoms with Crippen molar-refractivity contribution < 1.29 is 9.53 Å². The Bertz CT molecular complexity index is 1170. The molecule has 0 radical (unpaired) electrons. The first-order valence-corrected chi connectivity index (χ1v) is 10.4. The van der Waals surface area contributed by atoms with Crippen LogP contribution in [0, 0.1) is 6.92 Å². The topological polar surface area (TPSA) is 68.5 Å². The van der Waals surface area contributed by atoms with Crippen LogP contribution in [0.2, 0.25) is 10.0 Å². The summed E-state index contributed by atoms with van der Waals surface area (Å²) in [4.78, 5) is 17.2. The highest BCUT2D eigenvalue weighted by molar-refractivity contribution is 7.15. The fraction of sp³-hybridized carbons (Fsp3) is 0.150. The minimum Gasteiger partial charge on any atom is -0.493 e. The van der Waals surface area contributed by atoms with Gasteiger partial charge in [0.1, 0.15) is 5.75 Å². The summed E-state index contributed by atoms with van der Waals surface area (Å²) in [5.74, 6) is 0.749. The van der Waals surface area contributed by atoms with E-state index in [2.05, 4.69) is 15.4 Å². The van der Waals surface area contributed by atoms with Gasteiger partial charge < -0.3 is 4.74 Å². The first-order chi connectivity index (χ1) is 14.0. The number of hydrogen-bond acceptors (Lipinski definition) is 5. The first kappa shape index (κ1) is 19.7. The number of aromatic nitrogens is 3. The molecule has 29 heavy (non-hydrogen) atoms. The number of benzene rings is 2. The number of carbonyl (C=O) groups excluding carboxylic acids is 1. The number of rotatable bonds is 6. The predicted molar refractivity (Wildman–Crippen MR) is 116 cm³/mol. The third-order valence-corrected chi connectivity index (χ3v) is 5.52. The number of aryl methyl sites for hydroxylation is 1. The van der Waals surface area contributed by atoms with Crippen molar-refractivity contribution in [1.29, 1.82) is 0 Å². The van der Waals surface area contributed by atoms with Crippen molar-refractivity contribution in [3.8, 4) is 17.0 Å². The molecule has 2 aromatic carbocycles. The first-order valence-electron chi connectivity index (χ1n) is 8.78. The van der Waals surface area contributed by atoms with Gasteiger partial charge in [-0.2, -0.15) is 4.98 Å². The summed E-state index contributed by atoms with van der Waals surface area (Å²) in [6, 6.07) is 12.9. The molecule has 0 bridgehead atoms. The van der Waals surface area contributed by atoms with Gasteiger partial charge in [0.05, 0.1) is 23.7 Å². The maximum Gasteiger partial charge on any atom is 0.250 e. The van der Waals surface area contributed by atoms with E-state index in [9.17, 15) is 4.79 Å². The van der Waals surface area contributed by atoms with Gasteiger partial charge in [0.2, 0.25) is 16.8 Å². The minimum absolute atomic E-state index is 0.191. The Morgan fingerprint density at radius 3 is 2.76 bits per heavy atom. The lowest BCUT2D eigenvalue weighted by molar-refractivity contribution is -0.116. The number of amides is 1. The van der Waals surface area contributed by atoms with Gasteiger partial charge in [0, 0.05) is 16.0 Å². The molecule has 0 spiro atoms. The third kappa shape index (κ3) is 4.53. The fourth-order valence-electron chi connectivity index (χ4n) is 2.70. The van der Waals surface area contributed by atoms with Gasteiger partial charge in [-0.15, -0.1) is 16.4 Å². The van der Waals surface area contributed by atoms with Crippen molar-refractivity contribution in [3.63, 3.8) is 0 Å². The number of thiazole rings is 1. The van der Waals surface area contributed by atoms with Crippen LogP contribution >= 0.6 is 34.5 Å². The van der Waals surface area contributed by atoms with Crippen molar-refractivity contribution in [2.24, 2.45) is 0 Å². The molecule has 0 aliphatic heterocycles. The van der Waals surface area contributed by atoms with Crippen LogP contribution in [0.1, 0.15) is 12.0 Å². The molecule has 1 amide bonds. The lowest BCUT2D eigenvalue weighted by Gasteiger charge is -2.06. The molecule has 4 rings (SSSR count). The van der Waals surface area contributed by atoms with Crippen molar-refractivity contribution >= 4 is 51.4 Å². The number of ether oxygens (including phenoxy) is 1. The van der Waals surface area contributed by atoms with E-state index in [1.807, 2.05) is 42.6 Å². The third-order valence-electron chi connectivity index (χ3n) is 4.16. The molecule has 2 aromatic heterocycles. The molecule has 0 saturated carbocycles. The molecule has 0 unspecified atom stereocenters. The van der Waals surface area contributed by atoms with Crippen LogP contribution in [0.5, 0.6) is 5.75 Å². The molecule has 9 heteroatoms. The molecule has 0 aliphatic rings. The molecule has 0 fully saturated rings. The second kappa shape index (κ2) is 8.41. The van der Waals surface area contributed by atoms with Gasteiger partial charge in [-0.05, 0) is 37.3 Å². The van der Waals surface area contributed by atoms with Crippen LogP contribution in [0.15, 0.2) is 47.8 Å². The van der Waals surface area contributed by atoms with Crippen molar-refractivity contribution in [2.45, 2.75) is 13.3 Å². The number of nitrogens with zero attached hydrogens (tertiary/aromatic N) is 3. The lowest BCUT2D eigenvalue weighted by atomic mass is 10.2. The van der Waals surface area contributed by atoms with E-state index < -0.39 is 0 Å². The number of carbonyl (C=O) groups is 1. The number of nitrogens with one attached hydrogen (secondary N) is 1. The van der Waals surface area contributed by atoms with Crippen LogP contribution in [0.4, 0.5) is 5.95 Å². The minimum atomic E-state index is -0.221. The highest BCUT2D eigenvalue weighted by Gasteiger charge is 2.15. The van der Waals surface area contributed by atoms with Crippen LogP contribution < -0.4 is 10.1 Å². The van der Waals surface area contributed by atoms with Crippen molar-refractivity contribution in [1.82, 2.24) is 14.6 Å². The van der Waals surface area contributed by atoms with E-state index in [0.29, 0.717) is 15.0 Å². The van der Waals surface area contributed by atoms with Gasteiger partial charge >= 0.3 is 0 Å². The van der Waals surface area contributed by atoms with E-state index in [1.54, 1.807) is 16.6 Å². The zero-order valence-electron chi connectivity index (χ0n) is 15.4. The normalized spacial score (nSPS) is 11.0. The Morgan fingerprint density at radius 1 is 1.21 bits per heavy atom. The van der Waals surface area contributed by atoms with Crippen LogP contribution in [0.3, 0.4) is 0 Å². The molecule has 0 aliphatic carbocycles. The largest absolute Gasteiger partial charge is 0.493 e. The molecule has 2 heterocycles. The number of anilines is 1. The fourth-order valence-corrected chi connectivity index (χ4v) is 4.03. The lowest BCUT2D eigenvalue weighted by Crippen LogP contribution is -2.16. The number of halogens is 2. The molecule has 4 aromatic rings. The molecule has 0 atom stereocenters. The Labute approximate surface area is 181 Å². The Morgan fingerprint density at radius 2 is 2.00 bits per heavy atom. The highest BCUT2D eigenvalue weighted by Crippen LogP contribution is 2.33. The maximum atomic E-state index is 12.2. The van der Waals surface area contributed by atoms with Crippen LogP contribution in [0.25, 0.3) is 16.2 Å². The van der Waals surface area contributed by atoms with Gasteiger partial charge in [-0.25, -0.2) is 4.52 Å². The summed E-state index contributed by atoms with van der Waals surface area (Å²) in [6.07, 6.45) is 0.191. The average molecular weight is 447 g/mol. The van der Waals surface area contributed by atoms with E-state index in [4.69, 9.17) is 27.9 Å².